The molecule has 2 rings (SSSR count). The molecule has 0 bridgehead atoms. The Morgan fingerprint density at radius 2 is 1.71 bits per heavy atom. The molecule has 21 heavy (non-hydrogen) atoms. The van der Waals surface area contributed by atoms with Gasteiger partial charge in [-0.25, -0.2) is 4.83 Å². The van der Waals surface area contributed by atoms with Crippen molar-refractivity contribution in [3.05, 3.63) is 64.1 Å². The van der Waals surface area contributed by atoms with Gasteiger partial charge in [0.25, 0.3) is 10.0 Å². The second kappa shape index (κ2) is 6.52. The third-order valence-electron chi connectivity index (χ3n) is 2.55. The van der Waals surface area contributed by atoms with E-state index in [1.54, 1.807) is 36.4 Å². The molecule has 0 unspecified atom stereocenters. The van der Waals surface area contributed by atoms with Crippen molar-refractivity contribution in [1.82, 2.24) is 4.83 Å². The van der Waals surface area contributed by atoms with Crippen LogP contribution in [0.5, 0.6) is 0 Å². The smallest absolute Gasteiger partial charge is 0.200 e. The van der Waals surface area contributed by atoms with E-state index in [9.17, 15) is 8.42 Å². The molecule has 0 amide bonds. The summed E-state index contributed by atoms with van der Waals surface area (Å²) in [5.74, 6) is 0. The zero-order valence-electron chi connectivity index (χ0n) is 10.7. The van der Waals surface area contributed by atoms with Crippen LogP contribution in [0.2, 0.25) is 0 Å². The van der Waals surface area contributed by atoms with Crippen LogP contribution < -0.4 is 4.83 Å². The molecule has 0 aromatic heterocycles. The van der Waals surface area contributed by atoms with Gasteiger partial charge in [0.2, 0.25) is 0 Å². The van der Waals surface area contributed by atoms with Gasteiger partial charge in [-0.2, -0.15) is 18.8 Å². The van der Waals surface area contributed by atoms with E-state index in [1.807, 2.05) is 6.07 Å². The van der Waals surface area contributed by atoms with Crippen molar-refractivity contribution in [3.63, 3.8) is 0 Å². The van der Waals surface area contributed by atoms with Crippen LogP contribution >= 0.6 is 15.9 Å². The zero-order chi connectivity index (χ0) is 15.3. The van der Waals surface area contributed by atoms with Crippen LogP contribution in [0, 0.1) is 11.3 Å². The van der Waals surface area contributed by atoms with Crippen molar-refractivity contribution in [2.24, 2.45) is 5.10 Å². The highest BCUT2D eigenvalue weighted by Crippen LogP contribution is 2.14. The predicted octanol–water partition coefficient (Wildman–Crippen LogP) is 2.63. The molecule has 0 spiro atoms. The highest BCUT2D eigenvalue weighted by Gasteiger charge is 2.11. The molecule has 1 N–H and O–H groups in total. The lowest BCUT2D eigenvalue weighted by Gasteiger charge is -2.03. The topological polar surface area (TPSA) is 82.3 Å². The van der Waals surface area contributed by atoms with Crippen molar-refractivity contribution < 1.29 is 8.42 Å². The number of rotatable bonds is 4. The van der Waals surface area contributed by atoms with E-state index in [2.05, 4.69) is 25.9 Å². The van der Waals surface area contributed by atoms with E-state index >= 15 is 0 Å². The standard InChI is InChI=1S/C14H10BrN3O2S/c15-13-5-7-14(8-6-13)21(19,20)18-17-10-12-3-1-11(9-16)2-4-12/h1-8,10,18H/b17-10+. The molecule has 0 fully saturated rings. The minimum Gasteiger partial charge on any atom is -0.200 e. The molecule has 0 aliphatic heterocycles. The number of nitrogens with zero attached hydrogens (tertiary/aromatic N) is 2. The van der Waals surface area contributed by atoms with Gasteiger partial charge in [-0.15, -0.1) is 0 Å². The van der Waals surface area contributed by atoms with Crippen LogP contribution in [0.25, 0.3) is 0 Å². The monoisotopic (exact) mass is 363 g/mol. The molecule has 0 heterocycles. The Balaban J connectivity index is 2.09. The first-order valence-corrected chi connectivity index (χ1v) is 8.09. The Morgan fingerprint density at radius 1 is 1.10 bits per heavy atom. The number of hydrogen-bond donors (Lipinski definition) is 1. The van der Waals surface area contributed by atoms with Crippen molar-refractivity contribution in [1.29, 1.82) is 5.26 Å². The maximum Gasteiger partial charge on any atom is 0.276 e. The van der Waals surface area contributed by atoms with E-state index in [-0.39, 0.29) is 4.90 Å². The molecule has 0 saturated carbocycles. The molecule has 2 aromatic carbocycles. The summed E-state index contributed by atoms with van der Waals surface area (Å²) < 4.78 is 24.7. The third kappa shape index (κ3) is 4.15. The Hall–Kier alpha value is -2.17. The second-order valence-electron chi connectivity index (χ2n) is 4.04. The summed E-state index contributed by atoms with van der Waals surface area (Å²) >= 11 is 3.24. The highest BCUT2D eigenvalue weighted by molar-refractivity contribution is 9.10. The molecule has 7 heteroatoms. The summed E-state index contributed by atoms with van der Waals surface area (Å²) in [4.78, 5) is 2.26. The van der Waals surface area contributed by atoms with E-state index in [4.69, 9.17) is 5.26 Å². The Kier molecular flexibility index (Phi) is 4.73. The van der Waals surface area contributed by atoms with Crippen LogP contribution in [-0.4, -0.2) is 14.6 Å². The van der Waals surface area contributed by atoms with Gasteiger partial charge in [0.1, 0.15) is 0 Å². The second-order valence-corrected chi connectivity index (χ2v) is 6.62. The largest absolute Gasteiger partial charge is 0.276 e. The molecule has 5 nitrogen and oxygen atoms in total. The SMILES string of the molecule is N#Cc1ccc(/C=N/NS(=O)(=O)c2ccc(Br)cc2)cc1. The van der Waals surface area contributed by atoms with E-state index in [0.29, 0.717) is 11.1 Å². The summed E-state index contributed by atoms with van der Waals surface area (Å²) in [5.41, 5.74) is 1.22. The molecular weight excluding hydrogens is 354 g/mol. The normalized spacial score (nSPS) is 11.2. The summed E-state index contributed by atoms with van der Waals surface area (Å²) in [6, 6.07) is 14.8. The number of hydrazone groups is 1. The zero-order valence-corrected chi connectivity index (χ0v) is 13.1. The number of nitriles is 1. The molecule has 0 aliphatic rings. The minimum atomic E-state index is -3.68. The molecular formula is C14H10BrN3O2S. The Morgan fingerprint density at radius 3 is 2.29 bits per heavy atom. The first-order valence-electron chi connectivity index (χ1n) is 5.82. The maximum atomic E-state index is 12.0. The summed E-state index contributed by atoms with van der Waals surface area (Å²) in [6.45, 7) is 0. The van der Waals surface area contributed by atoms with Crippen molar-refractivity contribution >= 4 is 32.2 Å². The number of nitrogens with one attached hydrogen (secondary N) is 1. The number of sulfonamides is 1. The lowest BCUT2D eigenvalue weighted by molar-refractivity contribution is 0.584. The molecule has 106 valence electrons. The quantitative estimate of drug-likeness (QED) is 0.669. The third-order valence-corrected chi connectivity index (χ3v) is 4.32. The Labute approximate surface area is 131 Å². The van der Waals surface area contributed by atoms with Crippen molar-refractivity contribution in [2.45, 2.75) is 4.90 Å². The molecule has 0 radical (unpaired) electrons. The Bertz CT molecular complexity index is 792. The first kappa shape index (κ1) is 15.2. The van der Waals surface area contributed by atoms with Crippen LogP contribution in [0.4, 0.5) is 0 Å². The van der Waals surface area contributed by atoms with Gasteiger partial charge in [-0.1, -0.05) is 28.1 Å². The molecule has 2 aromatic rings. The number of benzene rings is 2. The van der Waals surface area contributed by atoms with Crippen LogP contribution in [0.1, 0.15) is 11.1 Å². The fourth-order valence-electron chi connectivity index (χ4n) is 1.48. The van der Waals surface area contributed by atoms with Crippen LogP contribution in [0.15, 0.2) is 63.0 Å². The lowest BCUT2D eigenvalue weighted by Crippen LogP contribution is -2.18. The molecule has 0 saturated heterocycles. The number of hydrogen-bond acceptors (Lipinski definition) is 4. The lowest BCUT2D eigenvalue weighted by atomic mass is 10.2. The average Bonchev–Trinajstić information content (AvgIpc) is 2.48. The maximum absolute atomic E-state index is 12.0. The van der Waals surface area contributed by atoms with Gasteiger partial charge < -0.3 is 0 Å². The van der Waals surface area contributed by atoms with E-state index < -0.39 is 10.0 Å². The van der Waals surface area contributed by atoms with E-state index in [1.165, 1.54) is 18.3 Å². The summed E-state index contributed by atoms with van der Waals surface area (Å²) in [6.07, 6.45) is 1.37. The first-order chi connectivity index (χ1) is 10.0. The predicted molar refractivity (Wildman–Crippen MR) is 83.2 cm³/mol. The van der Waals surface area contributed by atoms with Gasteiger partial charge in [0.15, 0.2) is 0 Å². The fraction of sp³-hybridized carbons (Fsp3) is 0. The minimum absolute atomic E-state index is 0.127. The summed E-state index contributed by atoms with van der Waals surface area (Å²) in [5, 5.41) is 12.4. The van der Waals surface area contributed by atoms with Gasteiger partial charge >= 0.3 is 0 Å². The van der Waals surface area contributed by atoms with E-state index in [0.717, 1.165) is 4.47 Å². The van der Waals surface area contributed by atoms with Gasteiger partial charge in [0.05, 0.1) is 22.7 Å². The highest BCUT2D eigenvalue weighted by atomic mass is 79.9. The summed E-state index contributed by atoms with van der Waals surface area (Å²) in [7, 11) is -3.68. The molecule has 0 atom stereocenters. The van der Waals surface area contributed by atoms with Gasteiger partial charge in [-0.05, 0) is 42.0 Å². The van der Waals surface area contributed by atoms with Crippen molar-refractivity contribution in [2.75, 3.05) is 0 Å². The van der Waals surface area contributed by atoms with Gasteiger partial charge in [0, 0.05) is 4.47 Å². The fourth-order valence-corrected chi connectivity index (χ4v) is 2.54. The van der Waals surface area contributed by atoms with Gasteiger partial charge in [-0.3, -0.25) is 0 Å². The number of halogens is 1. The van der Waals surface area contributed by atoms with Crippen LogP contribution in [-0.2, 0) is 10.0 Å². The van der Waals surface area contributed by atoms with Crippen LogP contribution in [0.3, 0.4) is 0 Å². The van der Waals surface area contributed by atoms with Crippen molar-refractivity contribution in [3.8, 4) is 6.07 Å². The average molecular weight is 364 g/mol. The molecule has 0 aliphatic carbocycles.